The summed E-state index contributed by atoms with van der Waals surface area (Å²) < 4.78 is 6.38. The van der Waals surface area contributed by atoms with Crippen LogP contribution < -0.4 is 5.32 Å². The van der Waals surface area contributed by atoms with Gasteiger partial charge >= 0.3 is 0 Å². The average molecular weight is 399 g/mol. The summed E-state index contributed by atoms with van der Waals surface area (Å²) in [6.07, 6.45) is 11.3. The van der Waals surface area contributed by atoms with E-state index in [1.54, 1.807) is 23.7 Å². The van der Waals surface area contributed by atoms with E-state index in [1.165, 1.54) is 16.9 Å². The quantitative estimate of drug-likeness (QED) is 0.843. The molecule has 0 bridgehead atoms. The van der Waals surface area contributed by atoms with Crippen molar-refractivity contribution in [1.29, 1.82) is 0 Å². The number of nitrogens with one attached hydrogen (secondary N) is 1. The Labute approximate surface area is 169 Å². The molecule has 0 radical (unpaired) electrons. The van der Waals surface area contributed by atoms with E-state index in [2.05, 4.69) is 21.4 Å². The van der Waals surface area contributed by atoms with Gasteiger partial charge in [-0.1, -0.05) is 6.42 Å². The van der Waals surface area contributed by atoms with Crippen molar-refractivity contribution in [3.63, 3.8) is 0 Å². The minimum Gasteiger partial charge on any atom is -0.369 e. The van der Waals surface area contributed by atoms with Crippen molar-refractivity contribution in [3.05, 3.63) is 35.1 Å². The molecule has 0 unspecified atom stereocenters. The normalized spacial score (nSPS) is 24.1. The largest absolute Gasteiger partial charge is 0.369 e. The summed E-state index contributed by atoms with van der Waals surface area (Å²) >= 11 is 1.79. The fourth-order valence-electron chi connectivity index (χ4n) is 4.72. The smallest absolute Gasteiger partial charge is 0.239 e. The van der Waals surface area contributed by atoms with E-state index in [4.69, 9.17) is 4.74 Å². The van der Waals surface area contributed by atoms with Gasteiger partial charge in [0.1, 0.15) is 5.60 Å². The molecular formula is C21H26N4O2S. The summed E-state index contributed by atoms with van der Waals surface area (Å²) in [5.41, 5.74) is 2.06. The lowest BCUT2D eigenvalue weighted by molar-refractivity contribution is -0.142. The number of rotatable bonds is 2. The minimum atomic E-state index is -0.241. The lowest BCUT2D eigenvalue weighted by atomic mass is 9.85. The van der Waals surface area contributed by atoms with Gasteiger partial charge in [-0.15, -0.1) is 11.3 Å². The van der Waals surface area contributed by atoms with Gasteiger partial charge in [0.05, 0.1) is 29.4 Å². The van der Waals surface area contributed by atoms with Crippen molar-refractivity contribution >= 4 is 17.2 Å². The van der Waals surface area contributed by atoms with Gasteiger partial charge in [0.15, 0.2) is 0 Å². The average Bonchev–Trinajstić information content (AvgIpc) is 3.21. The van der Waals surface area contributed by atoms with Gasteiger partial charge in [-0.2, -0.15) is 0 Å². The van der Waals surface area contributed by atoms with E-state index >= 15 is 0 Å². The van der Waals surface area contributed by atoms with Gasteiger partial charge in [0.25, 0.3) is 0 Å². The van der Waals surface area contributed by atoms with Gasteiger partial charge in [-0.05, 0) is 50.3 Å². The molecule has 2 aromatic heterocycles. The first-order valence-corrected chi connectivity index (χ1v) is 11.1. The van der Waals surface area contributed by atoms with Crippen LogP contribution in [0.3, 0.4) is 0 Å². The monoisotopic (exact) mass is 398 g/mol. The number of likely N-dealkylation sites (tertiary alicyclic amines) is 1. The standard InChI is InChI=1S/C21H26N4O2S/c26-20(16-3-1-2-7-23-16)25-10-5-21(6-11-25)19-15(4-12-27-21)13-18(28-19)17-14-22-8-9-24-17/h8-9,13-14,16,23H,1-7,10-12H2/t16-/m0/s1. The zero-order valence-corrected chi connectivity index (χ0v) is 16.8. The predicted octanol–water partition coefficient (Wildman–Crippen LogP) is 2.74. The van der Waals surface area contributed by atoms with Gasteiger partial charge in [0.2, 0.25) is 5.91 Å². The van der Waals surface area contributed by atoms with Crippen molar-refractivity contribution in [2.24, 2.45) is 0 Å². The van der Waals surface area contributed by atoms with E-state index in [0.29, 0.717) is 0 Å². The Morgan fingerprint density at radius 2 is 2.18 bits per heavy atom. The Hall–Kier alpha value is -1.83. The molecule has 1 amide bonds. The minimum absolute atomic E-state index is 0.00984. The van der Waals surface area contributed by atoms with E-state index in [-0.39, 0.29) is 17.6 Å². The summed E-state index contributed by atoms with van der Waals surface area (Å²) in [5.74, 6) is 0.275. The number of ether oxygens (including phenoxy) is 1. The highest BCUT2D eigenvalue weighted by Gasteiger charge is 2.44. The third kappa shape index (κ3) is 3.25. The highest BCUT2D eigenvalue weighted by molar-refractivity contribution is 7.15. The second-order valence-electron chi connectivity index (χ2n) is 7.98. The number of carbonyl (C=O) groups excluding carboxylic acids is 1. The molecule has 0 saturated carbocycles. The van der Waals surface area contributed by atoms with Gasteiger partial charge < -0.3 is 15.0 Å². The second-order valence-corrected chi connectivity index (χ2v) is 9.03. The molecule has 5 rings (SSSR count). The number of fused-ring (bicyclic) bond motifs is 2. The first-order chi connectivity index (χ1) is 13.8. The molecule has 2 fully saturated rings. The molecule has 2 saturated heterocycles. The summed E-state index contributed by atoms with van der Waals surface area (Å²) in [6, 6.07) is 2.27. The van der Waals surface area contributed by atoms with Crippen LogP contribution >= 0.6 is 11.3 Å². The topological polar surface area (TPSA) is 67.4 Å². The Balaban J connectivity index is 1.34. The molecule has 6 nitrogen and oxygen atoms in total. The van der Waals surface area contributed by atoms with Crippen LogP contribution in [0.2, 0.25) is 0 Å². The highest BCUT2D eigenvalue weighted by Crippen LogP contribution is 2.47. The van der Waals surface area contributed by atoms with Crippen LogP contribution in [0.1, 0.15) is 42.5 Å². The summed E-state index contributed by atoms with van der Waals surface area (Å²) in [4.78, 5) is 26.1. The van der Waals surface area contributed by atoms with Crippen LogP contribution in [-0.4, -0.2) is 53.1 Å². The molecule has 7 heteroatoms. The zero-order valence-electron chi connectivity index (χ0n) is 16.0. The van der Waals surface area contributed by atoms with Gasteiger partial charge in [-0.25, -0.2) is 0 Å². The summed E-state index contributed by atoms with van der Waals surface area (Å²) in [6.45, 7) is 3.26. The van der Waals surface area contributed by atoms with Crippen LogP contribution in [0.5, 0.6) is 0 Å². The number of aromatic nitrogens is 2. The molecule has 1 atom stereocenters. The Morgan fingerprint density at radius 3 is 2.93 bits per heavy atom. The van der Waals surface area contributed by atoms with E-state index in [1.807, 2.05) is 11.1 Å². The number of hydrogen-bond donors (Lipinski definition) is 1. The third-order valence-corrected chi connectivity index (χ3v) is 7.66. The molecule has 1 N–H and O–H groups in total. The Morgan fingerprint density at radius 1 is 1.29 bits per heavy atom. The fraction of sp³-hybridized carbons (Fsp3) is 0.571. The first kappa shape index (κ1) is 18.2. The molecule has 5 heterocycles. The Kier molecular flexibility index (Phi) is 4.90. The number of thiophene rings is 1. The van der Waals surface area contributed by atoms with Crippen LogP contribution in [0, 0.1) is 0 Å². The number of carbonyl (C=O) groups is 1. The van der Waals surface area contributed by atoms with Crippen molar-refractivity contribution < 1.29 is 9.53 Å². The maximum atomic E-state index is 12.9. The molecule has 0 aliphatic carbocycles. The first-order valence-electron chi connectivity index (χ1n) is 10.3. The summed E-state index contributed by atoms with van der Waals surface area (Å²) in [5, 5.41) is 3.39. The van der Waals surface area contributed by atoms with Gasteiger partial charge in [-0.3, -0.25) is 14.8 Å². The molecule has 1 spiro atoms. The van der Waals surface area contributed by atoms with E-state index in [0.717, 1.165) is 68.9 Å². The number of amides is 1. The SMILES string of the molecule is O=C([C@@H]1CCCCN1)N1CCC2(CC1)OCCc1cc(-c3cnccn3)sc12. The highest BCUT2D eigenvalue weighted by atomic mass is 32.1. The lowest BCUT2D eigenvalue weighted by Crippen LogP contribution is -2.53. The van der Waals surface area contributed by atoms with Crippen LogP contribution in [0.15, 0.2) is 24.7 Å². The van der Waals surface area contributed by atoms with Crippen molar-refractivity contribution in [2.45, 2.75) is 50.2 Å². The molecule has 28 heavy (non-hydrogen) atoms. The van der Waals surface area contributed by atoms with Crippen molar-refractivity contribution in [3.8, 4) is 10.6 Å². The molecule has 3 aliphatic rings. The van der Waals surface area contributed by atoms with Gasteiger partial charge in [0, 0.05) is 30.4 Å². The molecule has 148 valence electrons. The maximum Gasteiger partial charge on any atom is 0.239 e. The van der Waals surface area contributed by atoms with E-state index in [9.17, 15) is 4.79 Å². The maximum absolute atomic E-state index is 12.9. The van der Waals surface area contributed by atoms with E-state index < -0.39 is 0 Å². The molecule has 0 aromatic carbocycles. The number of piperidine rings is 2. The third-order valence-electron chi connectivity index (χ3n) is 6.28. The number of hydrogen-bond acceptors (Lipinski definition) is 6. The lowest BCUT2D eigenvalue weighted by Gasteiger charge is -2.44. The second kappa shape index (κ2) is 7.54. The van der Waals surface area contributed by atoms with Crippen LogP contribution in [-0.2, 0) is 21.6 Å². The fourth-order valence-corrected chi connectivity index (χ4v) is 6.09. The number of nitrogens with zero attached hydrogens (tertiary/aromatic N) is 3. The van der Waals surface area contributed by atoms with Crippen LogP contribution in [0.4, 0.5) is 0 Å². The Bertz CT molecular complexity index is 839. The van der Waals surface area contributed by atoms with Crippen molar-refractivity contribution in [1.82, 2.24) is 20.2 Å². The summed E-state index contributed by atoms with van der Waals surface area (Å²) in [7, 11) is 0. The predicted molar refractivity (Wildman–Crippen MR) is 108 cm³/mol. The molecule has 2 aromatic rings. The van der Waals surface area contributed by atoms with Crippen molar-refractivity contribution in [2.75, 3.05) is 26.2 Å². The zero-order chi connectivity index (χ0) is 19.0. The molecular weight excluding hydrogens is 372 g/mol. The molecule has 3 aliphatic heterocycles. The van der Waals surface area contributed by atoms with Crippen LogP contribution in [0.25, 0.3) is 10.6 Å².